The zero-order valence-electron chi connectivity index (χ0n) is 19.5. The van der Waals surface area contributed by atoms with E-state index in [0.29, 0.717) is 22.5 Å². The van der Waals surface area contributed by atoms with Crippen molar-refractivity contribution >= 4 is 17.3 Å². The first-order valence-electron chi connectivity index (χ1n) is 12.0. The molecule has 0 radical (unpaired) electrons. The summed E-state index contributed by atoms with van der Waals surface area (Å²) in [4.78, 5) is 4.92. The quantitative estimate of drug-likeness (QED) is 0.428. The Bertz CT molecular complexity index is 1430. The zero-order valence-corrected chi connectivity index (χ0v) is 20.4. The van der Waals surface area contributed by atoms with E-state index in [1.165, 1.54) is 37.1 Å². The number of hydrogen-bond acceptors (Lipinski definition) is 6. The van der Waals surface area contributed by atoms with Gasteiger partial charge in [0.2, 0.25) is 0 Å². The first-order valence-corrected chi connectivity index (χ1v) is 12.8. The van der Waals surface area contributed by atoms with Crippen LogP contribution in [-0.2, 0) is 0 Å². The molecule has 0 amide bonds. The summed E-state index contributed by atoms with van der Waals surface area (Å²) in [6.45, 7) is 4.40. The van der Waals surface area contributed by atoms with E-state index in [-0.39, 0.29) is 5.03 Å². The Balaban J connectivity index is 1.36. The highest BCUT2D eigenvalue weighted by Crippen LogP contribution is 2.45. The topological polar surface area (TPSA) is 83.8 Å². The van der Waals surface area contributed by atoms with Crippen LogP contribution in [0.4, 0.5) is 4.39 Å². The summed E-state index contributed by atoms with van der Waals surface area (Å²) >= 11 is 1.21. The molecule has 178 valence electrons. The molecule has 7 nitrogen and oxygen atoms in total. The highest BCUT2D eigenvalue weighted by Gasteiger charge is 2.38. The van der Waals surface area contributed by atoms with Crippen LogP contribution in [0.2, 0.25) is 0 Å². The average Bonchev–Trinajstić information content (AvgIpc) is 3.60. The van der Waals surface area contributed by atoms with Crippen molar-refractivity contribution in [3.8, 4) is 17.2 Å². The molecule has 0 aromatic carbocycles. The molecule has 35 heavy (non-hydrogen) atoms. The normalized spacial score (nSPS) is 22.1. The van der Waals surface area contributed by atoms with Crippen LogP contribution in [0.5, 0.6) is 0 Å². The van der Waals surface area contributed by atoms with Gasteiger partial charge in [0.1, 0.15) is 11.1 Å². The second kappa shape index (κ2) is 8.77. The average molecular weight is 488 g/mol. The summed E-state index contributed by atoms with van der Waals surface area (Å²) in [5.41, 5.74) is 4.64. The molecule has 4 aromatic rings. The number of aromatic nitrogens is 5. The third-order valence-corrected chi connectivity index (χ3v) is 8.70. The summed E-state index contributed by atoms with van der Waals surface area (Å²) in [7, 11) is 0. The van der Waals surface area contributed by atoms with Crippen molar-refractivity contribution in [1.29, 1.82) is 5.26 Å². The largest absolute Gasteiger partial charge is 0.316 e. The van der Waals surface area contributed by atoms with Gasteiger partial charge in [-0.15, -0.1) is 0 Å². The molecular formula is C26H26FN7S. The number of nitrogens with one attached hydrogen (secondary N) is 1. The van der Waals surface area contributed by atoms with Crippen LogP contribution in [0.3, 0.4) is 0 Å². The summed E-state index contributed by atoms with van der Waals surface area (Å²) in [6, 6.07) is 7.56. The van der Waals surface area contributed by atoms with Crippen LogP contribution in [0.15, 0.2) is 52.9 Å². The standard InChI is InChI=1S/C26H26FN7S/c1-17-21(14-32-34(17)20-4-6-26(7-5-20)8-10-29-16-26)18-11-23(35-25-22(27)3-2-9-30-25)24-19(12-28)13-31-33(24)15-18/h2-3,9,11,13-15,20,29H,4-8,10,16H2,1H3/t20-,26-. The maximum atomic E-state index is 14.4. The SMILES string of the molecule is Cc1c(-c2cc(Sc3ncccc3F)c3c(C#N)cnn3c2)cnn1[C@H]1CC[C@@]2(CCNC2)CC1. The molecule has 0 bridgehead atoms. The van der Waals surface area contributed by atoms with Gasteiger partial charge in [0.15, 0.2) is 5.82 Å². The van der Waals surface area contributed by atoms with Gasteiger partial charge in [0.05, 0.1) is 29.5 Å². The fourth-order valence-corrected chi connectivity index (χ4v) is 6.67. The smallest absolute Gasteiger partial charge is 0.155 e. The lowest BCUT2D eigenvalue weighted by molar-refractivity contribution is 0.165. The summed E-state index contributed by atoms with van der Waals surface area (Å²) in [6.07, 6.45) is 13.0. The minimum Gasteiger partial charge on any atom is -0.316 e. The van der Waals surface area contributed by atoms with Crippen LogP contribution in [0.25, 0.3) is 16.6 Å². The van der Waals surface area contributed by atoms with Gasteiger partial charge in [-0.05, 0) is 69.2 Å². The number of fused-ring (bicyclic) bond motifs is 1. The van der Waals surface area contributed by atoms with E-state index in [4.69, 9.17) is 5.10 Å². The van der Waals surface area contributed by atoms with E-state index < -0.39 is 5.82 Å². The molecule has 4 aromatic heterocycles. The van der Waals surface area contributed by atoms with Crippen molar-refractivity contribution in [3.05, 3.63) is 60.1 Å². The molecule has 6 rings (SSSR count). The first-order chi connectivity index (χ1) is 17.1. The molecule has 5 heterocycles. The van der Waals surface area contributed by atoms with Crippen LogP contribution in [0, 0.1) is 29.5 Å². The van der Waals surface area contributed by atoms with Crippen molar-refractivity contribution in [2.24, 2.45) is 5.41 Å². The Morgan fingerprint density at radius 3 is 2.83 bits per heavy atom. The predicted octanol–water partition coefficient (Wildman–Crippen LogP) is 5.16. The minimum atomic E-state index is -0.393. The van der Waals surface area contributed by atoms with Crippen molar-refractivity contribution in [3.63, 3.8) is 0 Å². The number of halogens is 1. The maximum Gasteiger partial charge on any atom is 0.155 e. The van der Waals surface area contributed by atoms with E-state index in [9.17, 15) is 9.65 Å². The lowest BCUT2D eigenvalue weighted by Gasteiger charge is -2.37. The molecule has 9 heteroatoms. The number of nitrogens with zero attached hydrogens (tertiary/aromatic N) is 6. The molecule has 2 fully saturated rings. The van der Waals surface area contributed by atoms with E-state index >= 15 is 0 Å². The lowest BCUT2D eigenvalue weighted by atomic mass is 9.72. The number of rotatable bonds is 4. The van der Waals surface area contributed by atoms with E-state index in [0.717, 1.165) is 47.6 Å². The van der Waals surface area contributed by atoms with Gasteiger partial charge < -0.3 is 5.32 Å². The zero-order chi connectivity index (χ0) is 24.0. The number of nitriles is 1. The Labute approximate surface area is 207 Å². The Morgan fingerprint density at radius 2 is 2.09 bits per heavy atom. The van der Waals surface area contributed by atoms with Crippen LogP contribution < -0.4 is 5.32 Å². The van der Waals surface area contributed by atoms with E-state index in [1.54, 1.807) is 23.0 Å². The molecule has 2 aliphatic rings. The fraction of sp³-hybridized carbons (Fsp3) is 0.385. The molecule has 1 spiro atoms. The number of hydrogen-bond donors (Lipinski definition) is 1. The van der Waals surface area contributed by atoms with Gasteiger partial charge in [-0.2, -0.15) is 15.5 Å². The van der Waals surface area contributed by atoms with Crippen LogP contribution in [-0.4, -0.2) is 37.5 Å². The Kier molecular flexibility index (Phi) is 5.58. The molecule has 1 aliphatic carbocycles. The maximum absolute atomic E-state index is 14.4. The van der Waals surface area contributed by atoms with Crippen molar-refractivity contribution in [1.82, 2.24) is 29.7 Å². The number of pyridine rings is 2. The van der Waals surface area contributed by atoms with Gasteiger partial charge >= 0.3 is 0 Å². The van der Waals surface area contributed by atoms with E-state index in [2.05, 4.69) is 33.1 Å². The van der Waals surface area contributed by atoms with Crippen molar-refractivity contribution < 1.29 is 4.39 Å². The second-order valence-electron chi connectivity index (χ2n) is 9.69. The van der Waals surface area contributed by atoms with Gasteiger partial charge in [-0.25, -0.2) is 13.9 Å². The third-order valence-electron chi connectivity index (χ3n) is 7.68. The van der Waals surface area contributed by atoms with Crippen molar-refractivity contribution in [2.45, 2.75) is 55.0 Å². The summed E-state index contributed by atoms with van der Waals surface area (Å²) in [5, 5.41) is 22.6. The lowest BCUT2D eigenvalue weighted by Crippen LogP contribution is -2.31. The molecule has 1 saturated carbocycles. The fourth-order valence-electron chi connectivity index (χ4n) is 5.70. The van der Waals surface area contributed by atoms with Gasteiger partial charge in [0.25, 0.3) is 0 Å². The van der Waals surface area contributed by atoms with Crippen LogP contribution in [0.1, 0.15) is 49.4 Å². The molecular weight excluding hydrogens is 461 g/mol. The molecule has 1 N–H and O–H groups in total. The Hall–Kier alpha value is -3.22. The molecule has 1 aliphatic heterocycles. The second-order valence-corrected chi connectivity index (χ2v) is 10.7. The monoisotopic (exact) mass is 487 g/mol. The van der Waals surface area contributed by atoms with Crippen LogP contribution >= 0.6 is 11.8 Å². The van der Waals surface area contributed by atoms with E-state index in [1.807, 2.05) is 18.5 Å². The third kappa shape index (κ3) is 3.91. The molecule has 0 unspecified atom stereocenters. The van der Waals surface area contributed by atoms with Gasteiger partial charge in [-0.1, -0.05) is 11.8 Å². The van der Waals surface area contributed by atoms with Gasteiger partial charge in [-0.3, -0.25) is 4.68 Å². The molecule has 0 atom stereocenters. The highest BCUT2D eigenvalue weighted by atomic mass is 32.2. The Morgan fingerprint density at radius 1 is 1.23 bits per heavy atom. The highest BCUT2D eigenvalue weighted by molar-refractivity contribution is 7.99. The first kappa shape index (κ1) is 22.3. The minimum absolute atomic E-state index is 0.265. The van der Waals surface area contributed by atoms with Crippen molar-refractivity contribution in [2.75, 3.05) is 13.1 Å². The summed E-state index contributed by atoms with van der Waals surface area (Å²) in [5.74, 6) is -0.393. The summed E-state index contributed by atoms with van der Waals surface area (Å²) < 4.78 is 18.3. The molecule has 1 saturated heterocycles. The van der Waals surface area contributed by atoms with Gasteiger partial charge in [0, 0.05) is 40.7 Å². The predicted molar refractivity (Wildman–Crippen MR) is 132 cm³/mol.